The minimum Gasteiger partial charge on any atom is -0.491 e. The van der Waals surface area contributed by atoms with Crippen LogP contribution >= 0.6 is 0 Å². The first-order valence-corrected chi connectivity index (χ1v) is 7.11. The molecule has 2 N–H and O–H groups in total. The lowest BCUT2D eigenvalue weighted by atomic mass is 10.0. The fourth-order valence-corrected chi connectivity index (χ4v) is 2.30. The van der Waals surface area contributed by atoms with Gasteiger partial charge in [-0.15, -0.1) is 0 Å². The Labute approximate surface area is 120 Å². The van der Waals surface area contributed by atoms with Crippen molar-refractivity contribution in [2.75, 3.05) is 5.73 Å². The van der Waals surface area contributed by atoms with Gasteiger partial charge in [0.15, 0.2) is 0 Å². The minimum absolute atomic E-state index is 0.161. The number of aromatic nitrogens is 2. The van der Waals surface area contributed by atoms with Gasteiger partial charge in [-0.25, -0.2) is 0 Å². The number of rotatable bonds is 5. The Morgan fingerprint density at radius 1 is 1.35 bits per heavy atom. The van der Waals surface area contributed by atoms with Crippen LogP contribution in [0.5, 0.6) is 5.75 Å². The van der Waals surface area contributed by atoms with E-state index in [4.69, 9.17) is 10.5 Å². The molecule has 1 aromatic carbocycles. The van der Waals surface area contributed by atoms with E-state index in [0.29, 0.717) is 0 Å². The van der Waals surface area contributed by atoms with Gasteiger partial charge in [-0.05, 0) is 32.4 Å². The fraction of sp³-hybridized carbons (Fsp3) is 0.438. The molecule has 0 fully saturated rings. The molecule has 2 rings (SSSR count). The summed E-state index contributed by atoms with van der Waals surface area (Å²) in [5.74, 6) is 1.61. The number of aryl methyl sites for hydroxylation is 1. The SMILES string of the molecule is CCCc1c(-c2cccc(OC(C)C)c2)nn(C)c1N. The quantitative estimate of drug-likeness (QED) is 0.908. The molecule has 0 aliphatic heterocycles. The van der Waals surface area contributed by atoms with Crippen molar-refractivity contribution in [1.82, 2.24) is 9.78 Å². The summed E-state index contributed by atoms with van der Waals surface area (Å²) in [6.07, 6.45) is 2.14. The van der Waals surface area contributed by atoms with Crippen molar-refractivity contribution in [3.05, 3.63) is 29.8 Å². The van der Waals surface area contributed by atoms with E-state index in [1.54, 1.807) is 4.68 Å². The Morgan fingerprint density at radius 3 is 2.75 bits per heavy atom. The maximum absolute atomic E-state index is 6.11. The standard InChI is InChI=1S/C16H23N3O/c1-5-7-14-15(18-19(4)16(14)17)12-8-6-9-13(10-12)20-11(2)3/h6,8-11H,5,7,17H2,1-4H3. The van der Waals surface area contributed by atoms with Gasteiger partial charge in [0.2, 0.25) is 0 Å². The molecule has 1 aromatic heterocycles. The molecule has 0 unspecified atom stereocenters. The first-order chi connectivity index (χ1) is 9.52. The van der Waals surface area contributed by atoms with Crippen LogP contribution in [-0.4, -0.2) is 15.9 Å². The highest BCUT2D eigenvalue weighted by Gasteiger charge is 2.15. The molecular formula is C16H23N3O. The molecule has 1 heterocycles. The van der Waals surface area contributed by atoms with E-state index >= 15 is 0 Å². The molecule has 4 nitrogen and oxygen atoms in total. The number of benzene rings is 1. The van der Waals surface area contributed by atoms with Gasteiger partial charge in [0.25, 0.3) is 0 Å². The first kappa shape index (κ1) is 14.4. The van der Waals surface area contributed by atoms with E-state index in [0.717, 1.165) is 41.2 Å². The van der Waals surface area contributed by atoms with E-state index in [9.17, 15) is 0 Å². The second-order valence-electron chi connectivity index (χ2n) is 5.28. The van der Waals surface area contributed by atoms with Crippen LogP contribution in [0.4, 0.5) is 5.82 Å². The molecule has 0 aliphatic rings. The molecule has 0 atom stereocenters. The van der Waals surface area contributed by atoms with Crippen LogP contribution in [0.25, 0.3) is 11.3 Å². The van der Waals surface area contributed by atoms with Crippen molar-refractivity contribution >= 4 is 5.82 Å². The van der Waals surface area contributed by atoms with Crippen LogP contribution in [0.1, 0.15) is 32.8 Å². The highest BCUT2D eigenvalue weighted by Crippen LogP contribution is 2.30. The molecule has 20 heavy (non-hydrogen) atoms. The zero-order valence-electron chi connectivity index (χ0n) is 12.7. The number of nitrogens with two attached hydrogens (primary N) is 1. The van der Waals surface area contributed by atoms with E-state index in [-0.39, 0.29) is 6.10 Å². The molecule has 0 saturated carbocycles. The third-order valence-corrected chi connectivity index (χ3v) is 3.17. The number of hydrogen-bond donors (Lipinski definition) is 1. The van der Waals surface area contributed by atoms with Gasteiger partial charge in [0.1, 0.15) is 11.6 Å². The van der Waals surface area contributed by atoms with Crippen LogP contribution in [0.15, 0.2) is 24.3 Å². The summed E-state index contributed by atoms with van der Waals surface area (Å²) in [4.78, 5) is 0. The molecular weight excluding hydrogens is 250 g/mol. The second-order valence-corrected chi connectivity index (χ2v) is 5.28. The van der Waals surface area contributed by atoms with Crippen LogP contribution in [0.2, 0.25) is 0 Å². The first-order valence-electron chi connectivity index (χ1n) is 7.11. The van der Waals surface area contributed by atoms with Gasteiger partial charge in [-0.2, -0.15) is 5.10 Å². The third-order valence-electron chi connectivity index (χ3n) is 3.17. The van der Waals surface area contributed by atoms with Crippen LogP contribution in [-0.2, 0) is 13.5 Å². The lowest BCUT2D eigenvalue weighted by molar-refractivity contribution is 0.242. The van der Waals surface area contributed by atoms with Gasteiger partial charge in [-0.1, -0.05) is 25.5 Å². The smallest absolute Gasteiger partial charge is 0.125 e. The summed E-state index contributed by atoms with van der Waals surface area (Å²) in [5, 5.41) is 4.56. The Bertz CT molecular complexity index is 587. The van der Waals surface area contributed by atoms with Crippen molar-refractivity contribution in [2.24, 2.45) is 7.05 Å². The zero-order chi connectivity index (χ0) is 14.7. The average molecular weight is 273 g/mol. The topological polar surface area (TPSA) is 53.1 Å². The Balaban J connectivity index is 2.43. The van der Waals surface area contributed by atoms with E-state index in [1.165, 1.54) is 0 Å². The van der Waals surface area contributed by atoms with Crippen LogP contribution in [0, 0.1) is 0 Å². The van der Waals surface area contributed by atoms with Gasteiger partial charge < -0.3 is 10.5 Å². The molecule has 0 aliphatic carbocycles. The molecule has 0 saturated heterocycles. The summed E-state index contributed by atoms with van der Waals surface area (Å²) in [5.41, 5.74) is 9.25. The molecule has 2 aromatic rings. The van der Waals surface area contributed by atoms with E-state index < -0.39 is 0 Å². The highest BCUT2D eigenvalue weighted by molar-refractivity contribution is 5.69. The molecule has 0 bridgehead atoms. The van der Waals surface area contributed by atoms with Gasteiger partial charge in [0.05, 0.1) is 11.8 Å². The minimum atomic E-state index is 0.161. The third kappa shape index (κ3) is 2.95. The number of hydrogen-bond acceptors (Lipinski definition) is 3. The number of ether oxygens (including phenoxy) is 1. The summed E-state index contributed by atoms with van der Waals surface area (Å²) in [6.45, 7) is 6.19. The molecule has 108 valence electrons. The van der Waals surface area contributed by atoms with Gasteiger partial charge >= 0.3 is 0 Å². The maximum Gasteiger partial charge on any atom is 0.125 e. The Hall–Kier alpha value is -1.97. The zero-order valence-corrected chi connectivity index (χ0v) is 12.7. The summed E-state index contributed by atoms with van der Waals surface area (Å²) >= 11 is 0. The van der Waals surface area contributed by atoms with Crippen molar-refractivity contribution in [3.63, 3.8) is 0 Å². The summed E-state index contributed by atoms with van der Waals surface area (Å²) < 4.78 is 7.49. The van der Waals surface area contributed by atoms with Crippen LogP contribution in [0.3, 0.4) is 0 Å². The van der Waals surface area contributed by atoms with E-state index in [1.807, 2.05) is 45.2 Å². The fourth-order valence-electron chi connectivity index (χ4n) is 2.30. The second kappa shape index (κ2) is 5.99. The maximum atomic E-state index is 6.11. The van der Waals surface area contributed by atoms with Crippen LogP contribution < -0.4 is 10.5 Å². The molecule has 0 spiro atoms. The van der Waals surface area contributed by atoms with Crippen molar-refractivity contribution < 1.29 is 4.74 Å². The van der Waals surface area contributed by atoms with Gasteiger partial charge in [-0.3, -0.25) is 4.68 Å². The highest BCUT2D eigenvalue weighted by atomic mass is 16.5. The predicted octanol–water partition coefficient (Wildman–Crippen LogP) is 3.41. The number of anilines is 1. The monoisotopic (exact) mass is 273 g/mol. The average Bonchev–Trinajstić information content (AvgIpc) is 2.67. The molecule has 4 heteroatoms. The summed E-state index contributed by atoms with van der Waals surface area (Å²) in [6, 6.07) is 8.04. The number of nitrogens with zero attached hydrogens (tertiary/aromatic N) is 2. The predicted molar refractivity (Wildman–Crippen MR) is 82.8 cm³/mol. The lowest BCUT2D eigenvalue weighted by Gasteiger charge is -2.10. The Kier molecular flexibility index (Phi) is 4.32. The van der Waals surface area contributed by atoms with Crippen molar-refractivity contribution in [3.8, 4) is 17.0 Å². The lowest BCUT2D eigenvalue weighted by Crippen LogP contribution is -2.05. The van der Waals surface area contributed by atoms with Crippen molar-refractivity contribution in [1.29, 1.82) is 0 Å². The molecule has 0 radical (unpaired) electrons. The summed E-state index contributed by atoms with van der Waals surface area (Å²) in [7, 11) is 1.88. The van der Waals surface area contributed by atoms with Gasteiger partial charge in [0, 0.05) is 18.2 Å². The molecule has 0 amide bonds. The van der Waals surface area contributed by atoms with Crippen molar-refractivity contribution in [2.45, 2.75) is 39.7 Å². The number of nitrogen functional groups attached to an aromatic ring is 1. The largest absolute Gasteiger partial charge is 0.491 e. The normalized spacial score (nSPS) is 11.1. The van der Waals surface area contributed by atoms with E-state index in [2.05, 4.69) is 12.0 Å². The Morgan fingerprint density at radius 2 is 2.10 bits per heavy atom.